The molecule has 142 valence electrons. The molecule has 0 saturated heterocycles. The lowest BCUT2D eigenvalue weighted by atomic mass is 9.81. The Bertz CT molecular complexity index is 672. The quantitative estimate of drug-likeness (QED) is 0.553. The predicted molar refractivity (Wildman–Crippen MR) is 103 cm³/mol. The number of carbonyl (C=O) groups excluding carboxylic acids is 1. The molecule has 0 bridgehead atoms. The van der Waals surface area contributed by atoms with E-state index in [1.165, 1.54) is 11.8 Å². The van der Waals surface area contributed by atoms with E-state index in [9.17, 15) is 15.0 Å². The summed E-state index contributed by atoms with van der Waals surface area (Å²) in [6.07, 6.45) is -1.76. The van der Waals surface area contributed by atoms with E-state index in [1.807, 2.05) is 12.1 Å². The Kier molecular flexibility index (Phi) is 6.42. The van der Waals surface area contributed by atoms with Crippen molar-refractivity contribution in [2.24, 2.45) is 10.9 Å². The number of hydrogen-bond acceptors (Lipinski definition) is 7. The van der Waals surface area contributed by atoms with E-state index in [1.54, 1.807) is 19.2 Å². The number of anilines is 1. The molecule has 26 heavy (non-hydrogen) atoms. The summed E-state index contributed by atoms with van der Waals surface area (Å²) in [4.78, 5) is 17.0. The molecule has 0 aromatic heterocycles. The van der Waals surface area contributed by atoms with Crippen LogP contribution in [0.5, 0.6) is 0 Å². The van der Waals surface area contributed by atoms with E-state index in [4.69, 9.17) is 16.3 Å². The first-order valence-corrected chi connectivity index (χ1v) is 9.65. The van der Waals surface area contributed by atoms with E-state index in [0.29, 0.717) is 23.3 Å². The zero-order chi connectivity index (χ0) is 18.7. The fraction of sp³-hybridized carbons (Fsp3) is 0.529. The molecule has 9 heteroatoms. The lowest BCUT2D eigenvalue weighted by molar-refractivity contribution is -0.129. The van der Waals surface area contributed by atoms with Gasteiger partial charge in [0.1, 0.15) is 6.10 Å². The highest BCUT2D eigenvalue weighted by molar-refractivity contribution is 8.15. The minimum absolute atomic E-state index is 0.154. The van der Waals surface area contributed by atoms with Crippen molar-refractivity contribution >= 4 is 40.1 Å². The van der Waals surface area contributed by atoms with Crippen LogP contribution in [0.4, 0.5) is 5.69 Å². The highest BCUT2D eigenvalue weighted by Gasteiger charge is 2.50. The van der Waals surface area contributed by atoms with Gasteiger partial charge in [-0.2, -0.15) is 0 Å². The first kappa shape index (κ1) is 19.4. The van der Waals surface area contributed by atoms with Gasteiger partial charge in [0.15, 0.2) is 5.17 Å². The Morgan fingerprint density at radius 1 is 1.38 bits per heavy atom. The number of nitrogens with one attached hydrogen (secondary N) is 2. The van der Waals surface area contributed by atoms with Gasteiger partial charge in [-0.1, -0.05) is 23.4 Å². The van der Waals surface area contributed by atoms with Crippen molar-refractivity contribution in [3.05, 3.63) is 29.3 Å². The smallest absolute Gasteiger partial charge is 0.224 e. The van der Waals surface area contributed by atoms with Crippen LogP contribution >= 0.6 is 23.4 Å². The number of amidine groups is 1. The van der Waals surface area contributed by atoms with Gasteiger partial charge in [0.25, 0.3) is 0 Å². The maximum absolute atomic E-state index is 12.5. The average molecular weight is 400 g/mol. The topological polar surface area (TPSA) is 103 Å². The van der Waals surface area contributed by atoms with Gasteiger partial charge < -0.3 is 25.6 Å². The average Bonchev–Trinajstić information content (AvgIpc) is 3.04. The van der Waals surface area contributed by atoms with Crippen LogP contribution in [-0.4, -0.2) is 65.0 Å². The van der Waals surface area contributed by atoms with Crippen LogP contribution in [-0.2, 0) is 9.53 Å². The maximum Gasteiger partial charge on any atom is 0.224 e. The van der Waals surface area contributed by atoms with Crippen LogP contribution in [0.15, 0.2) is 29.3 Å². The first-order valence-electron chi connectivity index (χ1n) is 8.39. The Morgan fingerprint density at radius 3 is 2.81 bits per heavy atom. The minimum atomic E-state index is -0.986. The van der Waals surface area contributed by atoms with Gasteiger partial charge in [-0.05, 0) is 30.7 Å². The Labute approximate surface area is 161 Å². The molecule has 1 fully saturated rings. The molecule has 4 N–H and O–H groups in total. The van der Waals surface area contributed by atoms with Gasteiger partial charge in [0.2, 0.25) is 5.91 Å². The van der Waals surface area contributed by atoms with Crippen molar-refractivity contribution in [3.8, 4) is 0 Å². The molecular weight excluding hydrogens is 378 g/mol. The Morgan fingerprint density at radius 2 is 2.12 bits per heavy atom. The summed E-state index contributed by atoms with van der Waals surface area (Å²) in [5.74, 6) is -0.591. The van der Waals surface area contributed by atoms with Crippen LogP contribution in [0.2, 0.25) is 5.02 Å². The van der Waals surface area contributed by atoms with Crippen molar-refractivity contribution < 1.29 is 19.7 Å². The van der Waals surface area contributed by atoms with Crippen molar-refractivity contribution in [1.82, 2.24) is 5.32 Å². The fourth-order valence-electron chi connectivity index (χ4n) is 3.17. The predicted octanol–water partition coefficient (Wildman–Crippen LogP) is 1.10. The largest absolute Gasteiger partial charge is 0.390 e. The number of thioether (sulfide) groups is 1. The molecule has 1 aliphatic heterocycles. The van der Waals surface area contributed by atoms with Crippen molar-refractivity contribution in [3.63, 3.8) is 0 Å². The molecule has 7 nitrogen and oxygen atoms in total. The standard InChI is InChI=1S/C17H22ClN3O4S/c1-25-7-6-19-16(24)11-8-12(22)14(23)13-15(11)26-17(21-13)20-10-4-2-9(18)3-5-10/h2-5,11-15,22-23H,6-8H2,1H3,(H,19,24)(H,20,21)/t11-,12-,13-,14+,15-/m1/s1. The summed E-state index contributed by atoms with van der Waals surface area (Å²) in [5.41, 5.74) is 0.815. The Balaban J connectivity index is 1.70. The van der Waals surface area contributed by atoms with Crippen molar-refractivity contribution in [2.45, 2.75) is 29.9 Å². The minimum Gasteiger partial charge on any atom is -0.390 e. The van der Waals surface area contributed by atoms with Gasteiger partial charge in [-0.25, -0.2) is 0 Å². The number of carbonyl (C=O) groups is 1. The van der Waals surface area contributed by atoms with Crippen LogP contribution < -0.4 is 10.6 Å². The third-order valence-corrected chi connectivity index (χ3v) is 6.09. The van der Waals surface area contributed by atoms with Gasteiger partial charge in [0.05, 0.1) is 24.7 Å². The highest BCUT2D eigenvalue weighted by atomic mass is 35.5. The lowest BCUT2D eigenvalue weighted by Gasteiger charge is -2.37. The molecule has 1 saturated carbocycles. The number of fused-ring (bicyclic) bond motifs is 1. The van der Waals surface area contributed by atoms with Crippen LogP contribution in [0, 0.1) is 5.92 Å². The number of benzene rings is 1. The summed E-state index contributed by atoms with van der Waals surface area (Å²) < 4.78 is 4.94. The number of hydrogen-bond donors (Lipinski definition) is 4. The molecule has 1 aromatic rings. The number of aliphatic hydroxyl groups excluding tert-OH is 2. The molecule has 0 spiro atoms. The maximum atomic E-state index is 12.5. The number of ether oxygens (including phenoxy) is 1. The van der Waals surface area contributed by atoms with Gasteiger partial charge >= 0.3 is 0 Å². The number of amides is 1. The van der Waals surface area contributed by atoms with Crippen LogP contribution in [0.1, 0.15) is 6.42 Å². The number of aliphatic imine (C=N–C) groups is 1. The normalized spacial score (nSPS) is 30.5. The Hall–Kier alpha value is -1.32. The summed E-state index contributed by atoms with van der Waals surface area (Å²) in [7, 11) is 1.57. The summed E-state index contributed by atoms with van der Waals surface area (Å²) in [6.45, 7) is 0.827. The van der Waals surface area contributed by atoms with Gasteiger partial charge in [0, 0.05) is 29.6 Å². The number of rotatable bonds is 5. The van der Waals surface area contributed by atoms with Crippen LogP contribution in [0.3, 0.4) is 0 Å². The van der Waals surface area contributed by atoms with E-state index >= 15 is 0 Å². The molecule has 5 atom stereocenters. The fourth-order valence-corrected chi connectivity index (χ4v) is 4.68. The second kappa shape index (κ2) is 8.58. The number of halogens is 1. The lowest BCUT2D eigenvalue weighted by Crippen LogP contribution is -2.54. The molecular formula is C17H22ClN3O4S. The SMILES string of the molecule is COCCNC(=O)[C@@H]1C[C@@H](O)[C@H](O)[C@H]2N=C(Nc3ccc(Cl)cc3)S[C@@H]21. The zero-order valence-electron chi connectivity index (χ0n) is 14.3. The molecule has 1 heterocycles. The third-order valence-electron chi connectivity index (χ3n) is 4.52. The second-order valence-electron chi connectivity index (χ2n) is 6.32. The molecule has 2 aliphatic rings. The molecule has 0 unspecified atom stereocenters. The third kappa shape index (κ3) is 4.32. The molecule has 1 amide bonds. The number of nitrogens with zero attached hydrogens (tertiary/aromatic N) is 1. The summed E-state index contributed by atoms with van der Waals surface area (Å²) in [5, 5.41) is 27.5. The van der Waals surface area contributed by atoms with Crippen molar-refractivity contribution in [1.29, 1.82) is 0 Å². The van der Waals surface area contributed by atoms with Crippen LogP contribution in [0.25, 0.3) is 0 Å². The molecule has 3 rings (SSSR count). The monoisotopic (exact) mass is 399 g/mol. The second-order valence-corrected chi connectivity index (χ2v) is 7.93. The van der Waals surface area contributed by atoms with E-state index < -0.39 is 24.2 Å². The molecule has 1 aromatic carbocycles. The summed E-state index contributed by atoms with van der Waals surface area (Å²) in [6, 6.07) is 6.65. The van der Waals surface area contributed by atoms with Gasteiger partial charge in [-0.3, -0.25) is 9.79 Å². The molecule has 0 radical (unpaired) electrons. The highest BCUT2D eigenvalue weighted by Crippen LogP contribution is 2.41. The van der Waals surface area contributed by atoms with E-state index in [2.05, 4.69) is 15.6 Å². The number of methoxy groups -OCH3 is 1. The van der Waals surface area contributed by atoms with Crippen molar-refractivity contribution in [2.75, 3.05) is 25.6 Å². The number of aliphatic hydroxyl groups is 2. The van der Waals surface area contributed by atoms with E-state index in [0.717, 1.165) is 5.69 Å². The zero-order valence-corrected chi connectivity index (χ0v) is 15.8. The first-order chi connectivity index (χ1) is 12.5. The van der Waals surface area contributed by atoms with E-state index in [-0.39, 0.29) is 17.6 Å². The molecule has 1 aliphatic carbocycles. The van der Waals surface area contributed by atoms with Gasteiger partial charge in [-0.15, -0.1) is 0 Å². The summed E-state index contributed by atoms with van der Waals surface area (Å²) >= 11 is 7.31.